The molecule has 0 amide bonds. The van der Waals surface area contributed by atoms with Gasteiger partial charge in [0.25, 0.3) is 0 Å². The lowest BCUT2D eigenvalue weighted by molar-refractivity contribution is -0.139. The molecule has 0 aromatic heterocycles. The molecule has 1 unspecified atom stereocenters. The van der Waals surface area contributed by atoms with E-state index in [4.69, 9.17) is 9.47 Å². The van der Waals surface area contributed by atoms with Crippen LogP contribution in [-0.2, 0) is 19.1 Å². The van der Waals surface area contributed by atoms with Gasteiger partial charge in [-0.05, 0) is 51.5 Å². The maximum atomic E-state index is 12.1. The average molecular weight is 623 g/mol. The number of aliphatic hydroxyl groups is 3. The first kappa shape index (κ1) is 38.9. The van der Waals surface area contributed by atoms with Crippen LogP contribution in [0.2, 0.25) is 0 Å². The van der Waals surface area contributed by atoms with Crippen molar-refractivity contribution in [2.75, 3.05) is 0 Å². The molecule has 3 N–H and O–H groups in total. The number of Topliss-reactive ketones (excluding diaryl/α,β-unsaturated/α-hetero) is 1. The Morgan fingerprint density at radius 1 is 0.750 bits per heavy atom. The summed E-state index contributed by atoms with van der Waals surface area (Å²) in [5.41, 5.74) is 0.635. The summed E-state index contributed by atoms with van der Waals surface area (Å²) >= 11 is 0. The SMILES string of the molecule is CCCCCCCCCCCC[C@@H](O)[C@@H]1CC[C@@H]([C@@H](O)CC(O)CCCCCCCCCC(=O)CCC2=C[C@H](C)OC2=O)O1. The summed E-state index contributed by atoms with van der Waals surface area (Å²) in [5, 5.41) is 31.7. The van der Waals surface area contributed by atoms with E-state index in [2.05, 4.69) is 6.92 Å². The Morgan fingerprint density at radius 3 is 1.84 bits per heavy atom. The van der Waals surface area contributed by atoms with Crippen LogP contribution in [0.15, 0.2) is 11.6 Å². The van der Waals surface area contributed by atoms with Gasteiger partial charge in [0, 0.05) is 24.8 Å². The van der Waals surface area contributed by atoms with Gasteiger partial charge >= 0.3 is 5.97 Å². The fourth-order valence-corrected chi connectivity index (χ4v) is 6.63. The molecule has 0 bridgehead atoms. The zero-order valence-corrected chi connectivity index (χ0v) is 28.2. The summed E-state index contributed by atoms with van der Waals surface area (Å²) in [6.45, 7) is 4.08. The van der Waals surface area contributed by atoms with Crippen LogP contribution in [0.5, 0.6) is 0 Å². The Kier molecular flexibility index (Phi) is 21.2. The molecule has 2 aliphatic rings. The van der Waals surface area contributed by atoms with Gasteiger partial charge in [-0.1, -0.05) is 110 Å². The number of carbonyl (C=O) groups excluding carboxylic acids is 2. The maximum Gasteiger partial charge on any atom is 0.334 e. The Morgan fingerprint density at radius 2 is 1.27 bits per heavy atom. The minimum atomic E-state index is -0.686. The number of hydrogen-bond donors (Lipinski definition) is 3. The summed E-state index contributed by atoms with van der Waals surface area (Å²) < 4.78 is 11.1. The van der Waals surface area contributed by atoms with E-state index in [1.165, 1.54) is 51.4 Å². The van der Waals surface area contributed by atoms with Crippen molar-refractivity contribution < 1.29 is 34.4 Å². The van der Waals surface area contributed by atoms with Gasteiger partial charge in [-0.3, -0.25) is 4.79 Å². The predicted molar refractivity (Wildman–Crippen MR) is 176 cm³/mol. The van der Waals surface area contributed by atoms with Gasteiger partial charge in [0.1, 0.15) is 11.9 Å². The first-order chi connectivity index (χ1) is 21.3. The molecular formula is C37H66O7. The monoisotopic (exact) mass is 622 g/mol. The number of carbonyl (C=O) groups is 2. The molecule has 44 heavy (non-hydrogen) atoms. The smallest absolute Gasteiger partial charge is 0.334 e. The summed E-state index contributed by atoms with van der Waals surface area (Å²) in [6, 6.07) is 0. The van der Waals surface area contributed by atoms with E-state index in [1.807, 2.05) is 13.0 Å². The van der Waals surface area contributed by atoms with Gasteiger partial charge in [0.15, 0.2) is 0 Å². The lowest BCUT2D eigenvalue weighted by atomic mass is 9.98. The molecule has 1 saturated heterocycles. The van der Waals surface area contributed by atoms with Crippen molar-refractivity contribution in [3.05, 3.63) is 11.6 Å². The molecular weight excluding hydrogens is 556 g/mol. The van der Waals surface area contributed by atoms with Gasteiger partial charge in [0.2, 0.25) is 0 Å². The fourth-order valence-electron chi connectivity index (χ4n) is 6.63. The number of ether oxygens (including phenoxy) is 2. The molecule has 0 aromatic carbocycles. The minimum absolute atomic E-state index is 0.174. The van der Waals surface area contributed by atoms with Crippen molar-refractivity contribution in [1.82, 2.24) is 0 Å². The van der Waals surface area contributed by atoms with Crippen LogP contribution in [0, 0.1) is 0 Å². The second-order valence-corrected chi connectivity index (χ2v) is 13.6. The second kappa shape index (κ2) is 24.0. The molecule has 0 aliphatic carbocycles. The van der Waals surface area contributed by atoms with Crippen LogP contribution in [0.3, 0.4) is 0 Å². The van der Waals surface area contributed by atoms with E-state index in [0.717, 1.165) is 77.0 Å². The van der Waals surface area contributed by atoms with Crippen molar-refractivity contribution in [3.63, 3.8) is 0 Å². The van der Waals surface area contributed by atoms with E-state index in [9.17, 15) is 24.9 Å². The van der Waals surface area contributed by atoms with Gasteiger partial charge in [-0.25, -0.2) is 4.79 Å². The standard InChI is InChI=1S/C37H66O7/c1-3-4-5-6-7-8-9-13-16-19-22-33(40)35-25-26-36(44-35)34(41)28-32(39)21-18-15-12-10-11-14-17-20-31(38)24-23-30-27-29(2)43-37(30)42/h27,29,32-36,39-41H,3-26,28H2,1-2H3/t29-,32?,33+,34-,35-,36-/m0/s1. The number of ketones is 1. The van der Waals surface area contributed by atoms with Crippen LogP contribution in [0.4, 0.5) is 0 Å². The number of cyclic esters (lactones) is 1. The van der Waals surface area contributed by atoms with Gasteiger partial charge in [-0.2, -0.15) is 0 Å². The highest BCUT2D eigenvalue weighted by Gasteiger charge is 2.35. The fraction of sp³-hybridized carbons (Fsp3) is 0.892. The number of aliphatic hydroxyl groups excluding tert-OH is 3. The Hall–Kier alpha value is -1.28. The molecule has 2 heterocycles. The second-order valence-electron chi connectivity index (χ2n) is 13.6. The minimum Gasteiger partial charge on any atom is -0.455 e. The van der Waals surface area contributed by atoms with Crippen LogP contribution >= 0.6 is 0 Å². The highest BCUT2D eigenvalue weighted by molar-refractivity contribution is 5.91. The molecule has 256 valence electrons. The zero-order chi connectivity index (χ0) is 32.0. The van der Waals surface area contributed by atoms with Crippen LogP contribution in [-0.4, -0.2) is 63.7 Å². The van der Waals surface area contributed by atoms with Crippen LogP contribution in [0.1, 0.15) is 174 Å². The van der Waals surface area contributed by atoms with E-state index in [0.29, 0.717) is 37.7 Å². The van der Waals surface area contributed by atoms with E-state index < -0.39 is 18.3 Å². The van der Waals surface area contributed by atoms with Gasteiger partial charge < -0.3 is 24.8 Å². The lowest BCUT2D eigenvalue weighted by Gasteiger charge is -2.23. The van der Waals surface area contributed by atoms with Crippen LogP contribution < -0.4 is 0 Å². The number of unbranched alkanes of at least 4 members (excludes halogenated alkanes) is 15. The molecule has 1 fully saturated rings. The Labute approximate surface area is 268 Å². The normalized spacial score (nSPS) is 22.2. The third-order valence-corrected chi connectivity index (χ3v) is 9.47. The van der Waals surface area contributed by atoms with E-state index in [-0.39, 0.29) is 30.1 Å². The number of esters is 1. The summed E-state index contributed by atoms with van der Waals surface area (Å²) in [4.78, 5) is 23.7. The topological polar surface area (TPSA) is 113 Å². The zero-order valence-electron chi connectivity index (χ0n) is 28.2. The van der Waals surface area contributed by atoms with E-state index >= 15 is 0 Å². The highest BCUT2D eigenvalue weighted by Crippen LogP contribution is 2.28. The molecule has 0 aromatic rings. The Bertz CT molecular complexity index is 797. The molecule has 7 heteroatoms. The molecule has 7 nitrogen and oxygen atoms in total. The lowest BCUT2D eigenvalue weighted by Crippen LogP contribution is -2.33. The number of rotatable bonds is 28. The predicted octanol–water partition coefficient (Wildman–Crippen LogP) is 8.05. The highest BCUT2D eigenvalue weighted by atomic mass is 16.5. The van der Waals surface area contributed by atoms with Gasteiger partial charge in [-0.15, -0.1) is 0 Å². The van der Waals surface area contributed by atoms with Crippen molar-refractivity contribution in [2.24, 2.45) is 0 Å². The average Bonchev–Trinajstić information content (AvgIpc) is 3.62. The summed E-state index contributed by atoms with van der Waals surface area (Å²) in [5.74, 6) is -0.0654. The summed E-state index contributed by atoms with van der Waals surface area (Å²) in [7, 11) is 0. The molecule has 0 spiro atoms. The maximum absolute atomic E-state index is 12.1. The Balaban J connectivity index is 1.39. The van der Waals surface area contributed by atoms with E-state index in [1.54, 1.807) is 0 Å². The largest absolute Gasteiger partial charge is 0.455 e. The van der Waals surface area contributed by atoms with Crippen molar-refractivity contribution >= 4 is 11.8 Å². The van der Waals surface area contributed by atoms with Crippen molar-refractivity contribution in [2.45, 2.75) is 211 Å². The first-order valence-electron chi connectivity index (χ1n) is 18.4. The summed E-state index contributed by atoms with van der Waals surface area (Å²) in [6.07, 6.45) is 24.4. The van der Waals surface area contributed by atoms with Gasteiger partial charge in [0.05, 0.1) is 30.5 Å². The molecule has 2 aliphatic heterocycles. The third-order valence-electron chi connectivity index (χ3n) is 9.47. The third kappa shape index (κ3) is 17.4. The van der Waals surface area contributed by atoms with Crippen molar-refractivity contribution in [1.29, 1.82) is 0 Å². The molecule has 0 radical (unpaired) electrons. The molecule has 6 atom stereocenters. The van der Waals surface area contributed by atoms with Crippen molar-refractivity contribution in [3.8, 4) is 0 Å². The quantitative estimate of drug-likeness (QED) is 0.0598. The van der Waals surface area contributed by atoms with Crippen LogP contribution in [0.25, 0.3) is 0 Å². The molecule has 2 rings (SSSR count). The molecule has 0 saturated carbocycles. The first-order valence-corrected chi connectivity index (χ1v) is 18.4. The number of hydrogen-bond acceptors (Lipinski definition) is 7.